The minimum Gasteiger partial charge on any atom is -0.407 e. The molecule has 1 aliphatic heterocycles. The van der Waals surface area contributed by atoms with Gasteiger partial charge in [-0.25, -0.2) is 8.42 Å². The summed E-state index contributed by atoms with van der Waals surface area (Å²) in [5, 5.41) is 12.2. The van der Waals surface area contributed by atoms with E-state index in [-0.39, 0.29) is 17.8 Å². The number of carbonyl (C=O) groups excluding carboxylic acids is 1. The fourth-order valence-corrected chi connectivity index (χ4v) is 6.77. The number of thiophene rings is 2. The standard InChI is InChI=1S/C17H17ClN4O4S3/c18-13-4-3-12(28-13)10-14-20-21-17(26-14)19-16(23)11-5-7-22(8-6-11)29(24,25)15-2-1-9-27-15/h1-4,9,11H,5-8,10H2,(H,19,21,23). The summed E-state index contributed by atoms with van der Waals surface area (Å²) in [4.78, 5) is 13.5. The van der Waals surface area contributed by atoms with Gasteiger partial charge in [0.2, 0.25) is 11.8 Å². The van der Waals surface area contributed by atoms with Crippen LogP contribution in [0.2, 0.25) is 4.34 Å². The Hall–Kier alpha value is -1.79. The van der Waals surface area contributed by atoms with Gasteiger partial charge < -0.3 is 4.42 Å². The number of amides is 1. The number of anilines is 1. The van der Waals surface area contributed by atoms with Crippen LogP contribution in [0.4, 0.5) is 6.01 Å². The monoisotopic (exact) mass is 472 g/mol. The second-order valence-corrected chi connectivity index (χ2v) is 11.4. The first kappa shape index (κ1) is 20.5. The molecule has 12 heteroatoms. The summed E-state index contributed by atoms with van der Waals surface area (Å²) in [6.45, 7) is 0.596. The Kier molecular flexibility index (Phi) is 6.02. The largest absolute Gasteiger partial charge is 0.407 e. The average Bonchev–Trinajstić information content (AvgIpc) is 3.45. The molecule has 1 fully saturated rings. The van der Waals surface area contributed by atoms with Crippen LogP contribution in [-0.4, -0.2) is 41.9 Å². The highest BCUT2D eigenvalue weighted by Crippen LogP contribution is 2.27. The summed E-state index contributed by atoms with van der Waals surface area (Å²) in [5.74, 6) is -0.167. The molecule has 0 atom stereocenters. The Balaban J connectivity index is 1.31. The summed E-state index contributed by atoms with van der Waals surface area (Å²) in [6, 6.07) is 7.03. The number of piperidine rings is 1. The molecule has 1 aliphatic rings. The summed E-state index contributed by atoms with van der Waals surface area (Å²) in [6.07, 6.45) is 1.31. The number of hydrogen-bond acceptors (Lipinski definition) is 8. The summed E-state index contributed by atoms with van der Waals surface area (Å²) in [5.41, 5.74) is 0. The fraction of sp³-hybridized carbons (Fsp3) is 0.353. The van der Waals surface area contributed by atoms with Crippen LogP contribution < -0.4 is 5.32 Å². The third kappa shape index (κ3) is 4.69. The molecule has 4 rings (SSSR count). The molecule has 3 aromatic rings. The van der Waals surface area contributed by atoms with Crippen molar-refractivity contribution in [1.82, 2.24) is 14.5 Å². The summed E-state index contributed by atoms with van der Waals surface area (Å²) < 4.78 is 33.1. The van der Waals surface area contributed by atoms with E-state index < -0.39 is 10.0 Å². The van der Waals surface area contributed by atoms with Crippen molar-refractivity contribution < 1.29 is 17.6 Å². The molecule has 1 amide bonds. The van der Waals surface area contributed by atoms with Gasteiger partial charge in [0.25, 0.3) is 10.0 Å². The van der Waals surface area contributed by atoms with E-state index in [0.29, 0.717) is 46.8 Å². The van der Waals surface area contributed by atoms with Gasteiger partial charge in [-0.1, -0.05) is 22.8 Å². The van der Waals surface area contributed by atoms with Gasteiger partial charge in [0.1, 0.15) is 4.21 Å². The number of sulfonamides is 1. The molecule has 0 radical (unpaired) electrons. The quantitative estimate of drug-likeness (QED) is 0.588. The summed E-state index contributed by atoms with van der Waals surface area (Å²) >= 11 is 8.53. The zero-order valence-corrected chi connectivity index (χ0v) is 18.3. The average molecular weight is 473 g/mol. The van der Waals surface area contributed by atoms with Crippen molar-refractivity contribution >= 4 is 56.2 Å². The van der Waals surface area contributed by atoms with Crippen molar-refractivity contribution in [2.45, 2.75) is 23.5 Å². The van der Waals surface area contributed by atoms with E-state index in [1.165, 1.54) is 27.0 Å². The summed E-state index contributed by atoms with van der Waals surface area (Å²) in [7, 11) is -3.48. The maximum atomic E-state index is 12.6. The molecule has 3 aromatic heterocycles. The predicted octanol–water partition coefficient (Wildman–Crippen LogP) is 3.48. The molecule has 0 spiro atoms. The number of hydrogen-bond donors (Lipinski definition) is 1. The van der Waals surface area contributed by atoms with E-state index in [9.17, 15) is 13.2 Å². The highest BCUT2D eigenvalue weighted by atomic mass is 35.5. The van der Waals surface area contributed by atoms with Gasteiger partial charge in [0.15, 0.2) is 0 Å². The Labute approximate surface area is 180 Å². The topological polar surface area (TPSA) is 105 Å². The Morgan fingerprint density at radius 1 is 1.28 bits per heavy atom. The van der Waals surface area contributed by atoms with Gasteiger partial charge in [0, 0.05) is 23.9 Å². The second-order valence-electron chi connectivity index (χ2n) is 6.48. The lowest BCUT2D eigenvalue weighted by Crippen LogP contribution is -2.41. The maximum Gasteiger partial charge on any atom is 0.322 e. The molecule has 4 heterocycles. The lowest BCUT2D eigenvalue weighted by Gasteiger charge is -2.29. The van der Waals surface area contributed by atoms with Crippen molar-refractivity contribution in [1.29, 1.82) is 0 Å². The molecule has 0 unspecified atom stereocenters. The first-order valence-corrected chi connectivity index (χ1v) is 12.3. The number of halogens is 1. The molecule has 0 saturated carbocycles. The first-order valence-electron chi connectivity index (χ1n) is 8.83. The molecule has 0 bridgehead atoms. The van der Waals surface area contributed by atoms with Gasteiger partial charge in [0.05, 0.1) is 10.8 Å². The Morgan fingerprint density at radius 2 is 2.07 bits per heavy atom. The van der Waals surface area contributed by atoms with Gasteiger partial charge >= 0.3 is 6.01 Å². The van der Waals surface area contributed by atoms with E-state index in [2.05, 4.69) is 15.5 Å². The van der Waals surface area contributed by atoms with Crippen LogP contribution in [0.25, 0.3) is 0 Å². The number of nitrogens with one attached hydrogen (secondary N) is 1. The van der Waals surface area contributed by atoms with E-state index in [1.54, 1.807) is 23.6 Å². The van der Waals surface area contributed by atoms with Gasteiger partial charge in [-0.15, -0.1) is 27.8 Å². The van der Waals surface area contributed by atoms with Crippen molar-refractivity contribution in [3.8, 4) is 0 Å². The normalized spacial score (nSPS) is 16.2. The van der Waals surface area contributed by atoms with Crippen LogP contribution in [0.5, 0.6) is 0 Å². The minimum atomic E-state index is -3.48. The van der Waals surface area contributed by atoms with E-state index >= 15 is 0 Å². The SMILES string of the molecule is O=C(Nc1nnc(Cc2ccc(Cl)s2)o1)C1CCN(S(=O)(=O)c2cccs2)CC1. The molecule has 0 aromatic carbocycles. The molecule has 0 aliphatic carbocycles. The second kappa shape index (κ2) is 8.52. The van der Waals surface area contributed by atoms with Crippen molar-refractivity contribution in [2.75, 3.05) is 18.4 Å². The highest BCUT2D eigenvalue weighted by molar-refractivity contribution is 7.91. The van der Waals surface area contributed by atoms with Gasteiger partial charge in [-0.2, -0.15) is 4.31 Å². The molecule has 8 nitrogen and oxygen atoms in total. The van der Waals surface area contributed by atoms with E-state index in [0.717, 1.165) is 4.88 Å². The molecule has 1 saturated heterocycles. The van der Waals surface area contributed by atoms with Crippen LogP contribution in [0.1, 0.15) is 23.6 Å². The number of rotatable bonds is 6. The first-order chi connectivity index (χ1) is 13.9. The number of carbonyl (C=O) groups is 1. The van der Waals surface area contributed by atoms with E-state index in [4.69, 9.17) is 16.0 Å². The zero-order valence-electron chi connectivity index (χ0n) is 15.1. The van der Waals surface area contributed by atoms with Crippen molar-refractivity contribution in [3.05, 3.63) is 44.7 Å². The third-order valence-electron chi connectivity index (χ3n) is 4.57. The van der Waals surface area contributed by atoms with Crippen molar-refractivity contribution in [3.63, 3.8) is 0 Å². The molecule has 1 N–H and O–H groups in total. The van der Waals surface area contributed by atoms with Crippen molar-refractivity contribution in [2.24, 2.45) is 5.92 Å². The zero-order chi connectivity index (χ0) is 20.4. The predicted molar refractivity (Wildman–Crippen MR) is 111 cm³/mol. The molecule has 154 valence electrons. The molecular formula is C17H17ClN4O4S3. The minimum absolute atomic E-state index is 0.0429. The fourth-order valence-electron chi connectivity index (χ4n) is 3.07. The maximum absolute atomic E-state index is 12.6. The highest BCUT2D eigenvalue weighted by Gasteiger charge is 2.33. The Morgan fingerprint density at radius 3 is 2.72 bits per heavy atom. The smallest absolute Gasteiger partial charge is 0.322 e. The number of aromatic nitrogens is 2. The van der Waals surface area contributed by atoms with E-state index in [1.807, 2.05) is 6.07 Å². The molecule has 29 heavy (non-hydrogen) atoms. The van der Waals surface area contributed by atoms with Crippen LogP contribution in [-0.2, 0) is 21.2 Å². The lowest BCUT2D eigenvalue weighted by atomic mass is 9.97. The lowest BCUT2D eigenvalue weighted by molar-refractivity contribution is -0.121. The van der Waals surface area contributed by atoms with Crippen LogP contribution in [0.3, 0.4) is 0 Å². The Bertz CT molecular complexity index is 1090. The van der Waals surface area contributed by atoms with Crippen LogP contribution >= 0.6 is 34.3 Å². The van der Waals surface area contributed by atoms with Crippen LogP contribution in [0, 0.1) is 5.92 Å². The van der Waals surface area contributed by atoms with Gasteiger partial charge in [-0.3, -0.25) is 10.1 Å². The van der Waals surface area contributed by atoms with Gasteiger partial charge in [-0.05, 0) is 36.4 Å². The molecular weight excluding hydrogens is 456 g/mol. The van der Waals surface area contributed by atoms with Crippen LogP contribution in [0.15, 0.2) is 38.3 Å². The number of nitrogens with zero attached hydrogens (tertiary/aromatic N) is 3. The third-order valence-corrected chi connectivity index (χ3v) is 9.07.